The highest BCUT2D eigenvalue weighted by molar-refractivity contribution is 6.32. The second kappa shape index (κ2) is 6.24. The quantitative estimate of drug-likeness (QED) is 0.688. The summed E-state index contributed by atoms with van der Waals surface area (Å²) in [6.07, 6.45) is -9.24. The summed E-state index contributed by atoms with van der Waals surface area (Å²) in [7, 11) is 0. The van der Waals surface area contributed by atoms with Crippen LogP contribution in [0.5, 0.6) is 0 Å². The molecule has 0 bridgehead atoms. The molecule has 1 aromatic rings. The highest BCUT2D eigenvalue weighted by Crippen LogP contribution is 2.38. The molecule has 2 nitrogen and oxygen atoms in total. The summed E-state index contributed by atoms with van der Waals surface area (Å²) in [5, 5.41) is 0.697. The molecule has 23 heavy (non-hydrogen) atoms. The van der Waals surface area contributed by atoms with Gasteiger partial charge in [0, 0.05) is 5.56 Å². The Labute approximate surface area is 133 Å². The maximum Gasteiger partial charge on any atom is 0.416 e. The van der Waals surface area contributed by atoms with Crippen LogP contribution in [0.3, 0.4) is 0 Å². The number of hydroxylamine groups is 2. The maximum absolute atomic E-state index is 12.9. The molecule has 9 heteroatoms. The van der Waals surface area contributed by atoms with Gasteiger partial charge in [0.05, 0.1) is 17.1 Å². The van der Waals surface area contributed by atoms with E-state index < -0.39 is 24.0 Å². The van der Waals surface area contributed by atoms with Crippen LogP contribution in [0.4, 0.5) is 26.3 Å². The van der Waals surface area contributed by atoms with Crippen LogP contribution in [0.1, 0.15) is 24.5 Å². The Balaban J connectivity index is 2.20. The molecule has 0 aliphatic carbocycles. The third-order valence-electron chi connectivity index (χ3n) is 3.34. The van der Waals surface area contributed by atoms with E-state index >= 15 is 0 Å². The first-order chi connectivity index (χ1) is 10.5. The molecule has 128 valence electrons. The zero-order valence-electron chi connectivity index (χ0n) is 11.8. The van der Waals surface area contributed by atoms with Crippen LogP contribution in [0, 0.1) is 0 Å². The zero-order chi connectivity index (χ0) is 17.4. The third-order valence-corrected chi connectivity index (χ3v) is 3.63. The van der Waals surface area contributed by atoms with Gasteiger partial charge in [-0.25, -0.2) is 0 Å². The van der Waals surface area contributed by atoms with E-state index in [0.29, 0.717) is 5.06 Å². The lowest BCUT2D eigenvalue weighted by Gasteiger charge is -2.27. The van der Waals surface area contributed by atoms with Gasteiger partial charge in [0.15, 0.2) is 5.76 Å². The highest BCUT2D eigenvalue weighted by atomic mass is 35.5. The number of benzene rings is 1. The van der Waals surface area contributed by atoms with Crippen molar-refractivity contribution in [3.05, 3.63) is 40.4 Å². The standard InChI is InChI=1S/C14H12ClF6NO/c1-2-11(14(19,20)21)22-7-10(15)12(23-22)8-3-5-9(6-4-8)13(16,17)18/h3-6,11H,2,7H2,1H3. The predicted molar refractivity (Wildman–Crippen MR) is 72.1 cm³/mol. The predicted octanol–water partition coefficient (Wildman–Crippen LogP) is 5.20. The molecule has 0 aromatic heterocycles. The minimum Gasteiger partial charge on any atom is -0.403 e. The Kier molecular flexibility index (Phi) is 4.86. The topological polar surface area (TPSA) is 12.5 Å². The van der Waals surface area contributed by atoms with Gasteiger partial charge in [-0.05, 0) is 18.6 Å². The summed E-state index contributed by atoms with van der Waals surface area (Å²) in [6, 6.07) is 2.01. The van der Waals surface area contributed by atoms with Crippen molar-refractivity contribution >= 4 is 17.4 Å². The van der Waals surface area contributed by atoms with Crippen molar-refractivity contribution in [2.24, 2.45) is 0 Å². The van der Waals surface area contributed by atoms with Gasteiger partial charge in [-0.15, -0.1) is 5.06 Å². The van der Waals surface area contributed by atoms with Crippen LogP contribution in [0.25, 0.3) is 5.76 Å². The summed E-state index contributed by atoms with van der Waals surface area (Å²) in [4.78, 5) is 5.14. The van der Waals surface area contributed by atoms with Crippen LogP contribution in [-0.4, -0.2) is 23.8 Å². The van der Waals surface area contributed by atoms with E-state index in [2.05, 4.69) is 0 Å². The summed E-state index contributed by atoms with van der Waals surface area (Å²) in [6.45, 7) is 1.07. The average Bonchev–Trinajstić information content (AvgIpc) is 2.78. The second-order valence-corrected chi connectivity index (χ2v) is 5.40. The van der Waals surface area contributed by atoms with Crippen LogP contribution in [-0.2, 0) is 11.0 Å². The number of alkyl halides is 6. The van der Waals surface area contributed by atoms with Crippen LogP contribution in [0.2, 0.25) is 0 Å². The first-order valence-corrected chi connectivity index (χ1v) is 6.99. The zero-order valence-corrected chi connectivity index (χ0v) is 12.6. The highest BCUT2D eigenvalue weighted by Gasteiger charge is 2.46. The Morgan fingerprint density at radius 2 is 1.70 bits per heavy atom. The Hall–Kier alpha value is -1.41. The molecule has 1 aliphatic rings. The van der Waals surface area contributed by atoms with Crippen LogP contribution < -0.4 is 0 Å². The van der Waals surface area contributed by atoms with E-state index in [0.717, 1.165) is 24.3 Å². The second-order valence-electron chi connectivity index (χ2n) is 4.94. The summed E-state index contributed by atoms with van der Waals surface area (Å²) in [5.74, 6) is -0.0666. The Bertz CT molecular complexity index is 593. The molecular formula is C14H12ClF6NO. The minimum atomic E-state index is -4.50. The Morgan fingerprint density at radius 3 is 2.13 bits per heavy atom. The molecule has 1 unspecified atom stereocenters. The molecule has 1 aliphatic heterocycles. The molecule has 1 heterocycles. The largest absolute Gasteiger partial charge is 0.416 e. The summed E-state index contributed by atoms with van der Waals surface area (Å²) < 4.78 is 76.3. The number of nitrogens with zero attached hydrogens (tertiary/aromatic N) is 1. The van der Waals surface area contributed by atoms with E-state index in [1.807, 2.05) is 0 Å². The van der Waals surface area contributed by atoms with Crippen molar-refractivity contribution in [2.45, 2.75) is 31.7 Å². The molecular weight excluding hydrogens is 348 g/mol. The number of hydrogen-bond donors (Lipinski definition) is 0. The van der Waals surface area contributed by atoms with Crippen LogP contribution >= 0.6 is 11.6 Å². The van der Waals surface area contributed by atoms with Crippen LogP contribution in [0.15, 0.2) is 29.3 Å². The smallest absolute Gasteiger partial charge is 0.403 e. The van der Waals surface area contributed by atoms with E-state index in [1.165, 1.54) is 6.92 Å². The normalized spacial score (nSPS) is 18.3. The Morgan fingerprint density at radius 1 is 1.13 bits per heavy atom. The van der Waals surface area contributed by atoms with Crippen molar-refractivity contribution in [2.75, 3.05) is 6.54 Å². The molecule has 1 atom stereocenters. The van der Waals surface area contributed by atoms with E-state index in [4.69, 9.17) is 16.4 Å². The molecule has 0 spiro atoms. The maximum atomic E-state index is 12.9. The lowest BCUT2D eigenvalue weighted by Crippen LogP contribution is -2.43. The summed E-state index contributed by atoms with van der Waals surface area (Å²) >= 11 is 5.91. The van der Waals surface area contributed by atoms with Gasteiger partial charge in [0.2, 0.25) is 0 Å². The molecule has 0 amide bonds. The first-order valence-electron chi connectivity index (χ1n) is 6.61. The van der Waals surface area contributed by atoms with Crippen molar-refractivity contribution in [3.8, 4) is 0 Å². The minimum absolute atomic E-state index is 0.00691. The van der Waals surface area contributed by atoms with E-state index in [1.54, 1.807) is 0 Å². The van der Waals surface area contributed by atoms with Gasteiger partial charge in [-0.3, -0.25) is 0 Å². The lowest BCUT2D eigenvalue weighted by atomic mass is 10.1. The molecule has 0 saturated carbocycles. The average molecular weight is 360 g/mol. The lowest BCUT2D eigenvalue weighted by molar-refractivity contribution is -0.240. The fourth-order valence-electron chi connectivity index (χ4n) is 2.20. The van der Waals surface area contributed by atoms with Crippen molar-refractivity contribution in [3.63, 3.8) is 0 Å². The monoisotopic (exact) mass is 359 g/mol. The van der Waals surface area contributed by atoms with E-state index in [-0.39, 0.29) is 29.3 Å². The van der Waals surface area contributed by atoms with Gasteiger partial charge in [0.25, 0.3) is 0 Å². The molecule has 0 fully saturated rings. The van der Waals surface area contributed by atoms with Gasteiger partial charge in [-0.2, -0.15) is 26.3 Å². The fourth-order valence-corrected chi connectivity index (χ4v) is 2.46. The van der Waals surface area contributed by atoms with Crippen molar-refractivity contribution < 1.29 is 31.2 Å². The van der Waals surface area contributed by atoms with E-state index in [9.17, 15) is 26.3 Å². The number of halogens is 7. The van der Waals surface area contributed by atoms with Crippen molar-refractivity contribution in [1.29, 1.82) is 0 Å². The van der Waals surface area contributed by atoms with Gasteiger partial charge in [0.1, 0.15) is 6.04 Å². The van der Waals surface area contributed by atoms with Gasteiger partial charge >= 0.3 is 12.4 Å². The molecule has 1 aromatic carbocycles. The molecule has 0 radical (unpaired) electrons. The summed E-state index contributed by atoms with van der Waals surface area (Å²) in [5.41, 5.74) is -0.683. The van der Waals surface area contributed by atoms with Crippen molar-refractivity contribution in [1.82, 2.24) is 5.06 Å². The number of rotatable bonds is 3. The SMILES string of the molecule is CCC(N1CC(Cl)=C(c2ccc(C(F)(F)F)cc2)O1)C(F)(F)F. The molecule has 0 saturated heterocycles. The first kappa shape index (κ1) is 17.9. The third kappa shape index (κ3) is 3.92. The fraction of sp³-hybridized carbons (Fsp3) is 0.429. The molecule has 0 N–H and O–H groups in total. The van der Waals surface area contributed by atoms with Gasteiger partial charge < -0.3 is 4.84 Å². The van der Waals surface area contributed by atoms with Gasteiger partial charge in [-0.1, -0.05) is 30.7 Å². The number of hydrogen-bond acceptors (Lipinski definition) is 2. The molecule has 2 rings (SSSR count).